The van der Waals surface area contributed by atoms with Crippen LogP contribution in [-0.2, 0) is 9.84 Å². The van der Waals surface area contributed by atoms with E-state index in [1.807, 2.05) is 0 Å². The van der Waals surface area contributed by atoms with Gasteiger partial charge >= 0.3 is 0 Å². The maximum Gasteiger partial charge on any atom is 0.151 e. The minimum absolute atomic E-state index is 0.107. The number of nitrogens with one attached hydrogen (secondary N) is 1. The molecule has 1 saturated heterocycles. The highest BCUT2D eigenvalue weighted by molar-refractivity contribution is 9.10. The van der Waals surface area contributed by atoms with Crippen LogP contribution in [0.3, 0.4) is 0 Å². The summed E-state index contributed by atoms with van der Waals surface area (Å²) in [4.78, 5) is 7.35. The minimum Gasteiger partial charge on any atom is -0.342 e. The van der Waals surface area contributed by atoms with Crippen LogP contribution in [0.2, 0.25) is 0 Å². The maximum atomic E-state index is 13.4. The Morgan fingerprint density at radius 3 is 2.89 bits per heavy atom. The van der Waals surface area contributed by atoms with E-state index in [0.717, 1.165) is 0 Å². The van der Waals surface area contributed by atoms with Crippen molar-refractivity contribution in [2.75, 3.05) is 11.5 Å². The molecule has 0 aliphatic carbocycles. The zero-order valence-electron chi connectivity index (χ0n) is 9.28. The Bertz CT molecular complexity index is 687. The number of aromatic amines is 1. The monoisotopic (exact) mass is 332 g/mol. The van der Waals surface area contributed by atoms with E-state index in [0.29, 0.717) is 27.8 Å². The van der Waals surface area contributed by atoms with Crippen molar-refractivity contribution in [2.45, 2.75) is 12.3 Å². The van der Waals surface area contributed by atoms with Gasteiger partial charge in [0.25, 0.3) is 0 Å². The van der Waals surface area contributed by atoms with E-state index in [1.165, 1.54) is 6.07 Å². The standard InChI is InChI=1S/C11H10BrFN2O2S/c12-7-3-9-10(4-8(7)13)15-11(14-9)6-1-2-18(16,17)5-6/h3-4,6H,1-2,5H2,(H,14,15). The van der Waals surface area contributed by atoms with Crippen LogP contribution in [0.5, 0.6) is 0 Å². The second-order valence-electron chi connectivity index (χ2n) is 4.51. The van der Waals surface area contributed by atoms with Gasteiger partial charge in [-0.2, -0.15) is 0 Å². The van der Waals surface area contributed by atoms with E-state index in [9.17, 15) is 12.8 Å². The first-order chi connectivity index (χ1) is 8.44. The minimum atomic E-state index is -2.94. The molecule has 1 aromatic carbocycles. The van der Waals surface area contributed by atoms with Crippen LogP contribution in [0.1, 0.15) is 18.2 Å². The van der Waals surface area contributed by atoms with Gasteiger partial charge in [0.2, 0.25) is 0 Å². The van der Waals surface area contributed by atoms with Gasteiger partial charge in [-0.25, -0.2) is 17.8 Å². The van der Waals surface area contributed by atoms with Crippen molar-refractivity contribution >= 4 is 36.8 Å². The van der Waals surface area contributed by atoms with Crippen molar-refractivity contribution in [1.29, 1.82) is 0 Å². The highest BCUT2D eigenvalue weighted by Crippen LogP contribution is 2.29. The Morgan fingerprint density at radius 1 is 1.44 bits per heavy atom. The Morgan fingerprint density at radius 2 is 2.22 bits per heavy atom. The summed E-state index contributed by atoms with van der Waals surface area (Å²) < 4.78 is 36.6. The number of rotatable bonds is 1. The van der Waals surface area contributed by atoms with E-state index in [-0.39, 0.29) is 23.2 Å². The fourth-order valence-corrected chi connectivity index (χ4v) is 4.31. The second-order valence-corrected chi connectivity index (χ2v) is 7.59. The van der Waals surface area contributed by atoms with Crippen molar-refractivity contribution in [3.05, 3.63) is 28.2 Å². The van der Waals surface area contributed by atoms with Gasteiger partial charge in [0.1, 0.15) is 11.6 Å². The van der Waals surface area contributed by atoms with Crippen molar-refractivity contribution in [1.82, 2.24) is 9.97 Å². The van der Waals surface area contributed by atoms with Crippen LogP contribution >= 0.6 is 15.9 Å². The SMILES string of the molecule is O=S1(=O)CCC(c2nc3cc(Br)c(F)cc3[nH]2)C1. The number of halogens is 2. The molecule has 1 aliphatic heterocycles. The predicted molar refractivity (Wildman–Crippen MR) is 69.8 cm³/mol. The molecule has 96 valence electrons. The number of aromatic nitrogens is 2. The first kappa shape index (κ1) is 12.1. The summed E-state index contributed by atoms with van der Waals surface area (Å²) in [5.74, 6) is 0.480. The molecule has 0 spiro atoms. The fourth-order valence-electron chi connectivity index (χ4n) is 2.23. The molecule has 1 fully saturated rings. The maximum absolute atomic E-state index is 13.4. The molecule has 7 heteroatoms. The zero-order chi connectivity index (χ0) is 12.9. The van der Waals surface area contributed by atoms with Gasteiger partial charge in [0.15, 0.2) is 9.84 Å². The van der Waals surface area contributed by atoms with Crippen LogP contribution in [0.15, 0.2) is 16.6 Å². The molecular formula is C11H10BrFN2O2S. The van der Waals surface area contributed by atoms with Gasteiger partial charge in [-0.05, 0) is 28.4 Å². The lowest BCUT2D eigenvalue weighted by Crippen LogP contribution is -2.04. The molecule has 0 radical (unpaired) electrons. The lowest BCUT2D eigenvalue weighted by Gasteiger charge is -2.01. The number of sulfone groups is 1. The van der Waals surface area contributed by atoms with Gasteiger partial charge in [-0.15, -0.1) is 0 Å². The van der Waals surface area contributed by atoms with Crippen LogP contribution in [-0.4, -0.2) is 29.9 Å². The number of nitrogens with zero attached hydrogens (tertiary/aromatic N) is 1. The quantitative estimate of drug-likeness (QED) is 0.871. The molecule has 1 N–H and O–H groups in total. The largest absolute Gasteiger partial charge is 0.342 e. The smallest absolute Gasteiger partial charge is 0.151 e. The molecule has 0 saturated carbocycles. The third kappa shape index (κ3) is 2.05. The summed E-state index contributed by atoms with van der Waals surface area (Å²) in [7, 11) is -2.94. The normalized spacial score (nSPS) is 22.7. The third-order valence-electron chi connectivity index (χ3n) is 3.16. The Kier molecular flexibility index (Phi) is 2.71. The highest BCUT2D eigenvalue weighted by Gasteiger charge is 2.31. The molecular weight excluding hydrogens is 323 g/mol. The summed E-state index contributed by atoms with van der Waals surface area (Å²) in [6, 6.07) is 2.95. The molecule has 0 amide bonds. The van der Waals surface area contributed by atoms with Crippen molar-refractivity contribution < 1.29 is 12.8 Å². The molecule has 2 heterocycles. The fraction of sp³-hybridized carbons (Fsp3) is 0.364. The number of benzene rings is 1. The summed E-state index contributed by atoms with van der Waals surface area (Å²) in [6.45, 7) is 0. The second kappa shape index (κ2) is 4.03. The lowest BCUT2D eigenvalue weighted by atomic mass is 10.1. The predicted octanol–water partition coefficient (Wildman–Crippen LogP) is 2.37. The molecule has 1 aromatic heterocycles. The van der Waals surface area contributed by atoms with Gasteiger partial charge in [-0.1, -0.05) is 0 Å². The van der Waals surface area contributed by atoms with Crippen LogP contribution in [0.25, 0.3) is 11.0 Å². The third-order valence-corrected chi connectivity index (χ3v) is 5.54. The molecule has 2 aromatic rings. The van der Waals surface area contributed by atoms with Crippen LogP contribution in [0.4, 0.5) is 4.39 Å². The van der Waals surface area contributed by atoms with E-state index in [1.54, 1.807) is 6.07 Å². The Labute approximate surface area is 112 Å². The molecule has 1 unspecified atom stereocenters. The van der Waals surface area contributed by atoms with E-state index < -0.39 is 9.84 Å². The van der Waals surface area contributed by atoms with E-state index in [2.05, 4.69) is 25.9 Å². The van der Waals surface area contributed by atoms with E-state index in [4.69, 9.17) is 0 Å². The van der Waals surface area contributed by atoms with Gasteiger partial charge in [0.05, 0.1) is 27.0 Å². The molecule has 18 heavy (non-hydrogen) atoms. The highest BCUT2D eigenvalue weighted by atomic mass is 79.9. The lowest BCUT2D eigenvalue weighted by molar-refractivity contribution is 0.601. The van der Waals surface area contributed by atoms with Gasteiger partial charge < -0.3 is 4.98 Å². The molecule has 1 atom stereocenters. The summed E-state index contributed by atoms with van der Waals surface area (Å²) in [6.07, 6.45) is 0.575. The summed E-state index contributed by atoms with van der Waals surface area (Å²) in [5.41, 5.74) is 1.23. The van der Waals surface area contributed by atoms with E-state index >= 15 is 0 Å². The number of imidazole rings is 1. The molecule has 1 aliphatic rings. The van der Waals surface area contributed by atoms with Crippen molar-refractivity contribution in [2.24, 2.45) is 0 Å². The van der Waals surface area contributed by atoms with Crippen molar-refractivity contribution in [3.63, 3.8) is 0 Å². The summed E-state index contributed by atoms with van der Waals surface area (Å²) >= 11 is 3.10. The van der Waals surface area contributed by atoms with Gasteiger partial charge in [0, 0.05) is 12.0 Å². The first-order valence-corrected chi connectivity index (χ1v) is 8.11. The van der Waals surface area contributed by atoms with Crippen LogP contribution < -0.4 is 0 Å². The topological polar surface area (TPSA) is 62.8 Å². The Hall–Kier alpha value is -0.950. The number of hydrogen-bond acceptors (Lipinski definition) is 3. The molecule has 3 rings (SSSR count). The zero-order valence-corrected chi connectivity index (χ0v) is 11.7. The van der Waals surface area contributed by atoms with Crippen molar-refractivity contribution in [3.8, 4) is 0 Å². The average molecular weight is 333 g/mol. The van der Waals surface area contributed by atoms with Crippen LogP contribution in [0, 0.1) is 5.82 Å². The average Bonchev–Trinajstić information content (AvgIpc) is 2.82. The number of fused-ring (bicyclic) bond motifs is 1. The Balaban J connectivity index is 2.04. The summed E-state index contributed by atoms with van der Waals surface area (Å²) in [5, 5.41) is 0. The van der Waals surface area contributed by atoms with Gasteiger partial charge in [-0.3, -0.25) is 0 Å². The molecule has 4 nitrogen and oxygen atoms in total. The first-order valence-electron chi connectivity index (χ1n) is 5.50. The number of hydrogen-bond donors (Lipinski definition) is 1. The number of H-pyrrole nitrogens is 1. The molecule has 0 bridgehead atoms.